The molecule has 29 heavy (non-hydrogen) atoms. The molecule has 1 saturated heterocycles. The predicted octanol–water partition coefficient (Wildman–Crippen LogP) is 3.77. The van der Waals surface area contributed by atoms with Gasteiger partial charge in [0.2, 0.25) is 0 Å². The first kappa shape index (κ1) is 23.2. The van der Waals surface area contributed by atoms with Crippen LogP contribution in [0.3, 0.4) is 0 Å². The van der Waals surface area contributed by atoms with E-state index in [0.29, 0.717) is 12.5 Å². The molecule has 4 rings (SSSR count). The van der Waals surface area contributed by atoms with Gasteiger partial charge in [-0.25, -0.2) is 4.98 Å². The lowest BCUT2D eigenvalue weighted by molar-refractivity contribution is 0.291. The monoisotopic (exact) mass is 434 g/mol. The van der Waals surface area contributed by atoms with Crippen LogP contribution in [-0.2, 0) is 20.2 Å². The molecular weight excluding hydrogens is 407 g/mol. The van der Waals surface area contributed by atoms with Crippen LogP contribution in [-0.4, -0.2) is 33.6 Å². The smallest absolute Gasteiger partial charge is 0.146 e. The van der Waals surface area contributed by atoms with Crippen LogP contribution in [0.5, 0.6) is 5.75 Å². The molecule has 0 saturated carbocycles. The number of likely N-dealkylation sites (tertiary alicyclic amines) is 1. The first-order chi connectivity index (χ1) is 13.2. The van der Waals surface area contributed by atoms with Crippen molar-refractivity contribution < 1.29 is 4.74 Å². The van der Waals surface area contributed by atoms with Crippen molar-refractivity contribution in [1.29, 1.82) is 0 Å². The standard InChI is InChI=1S/C22H26N4O.2ClH/c1-25-12-11-24-22(25)16-27-19-9-7-17(8-10-19)13-26-14-20(21(23)15-26)18-5-3-2-4-6-18;;/h2-12,20-21H,13-16,23H2,1H3;2*1H/t20-,21+;;/m0../s1. The number of hydrogen-bond donors (Lipinski definition) is 1. The summed E-state index contributed by atoms with van der Waals surface area (Å²) in [5.74, 6) is 2.19. The molecule has 1 fully saturated rings. The van der Waals surface area contributed by atoms with Crippen molar-refractivity contribution in [3.63, 3.8) is 0 Å². The van der Waals surface area contributed by atoms with Crippen LogP contribution in [0.2, 0.25) is 0 Å². The van der Waals surface area contributed by atoms with Gasteiger partial charge in [-0.2, -0.15) is 0 Å². The third kappa shape index (κ3) is 5.73. The van der Waals surface area contributed by atoms with Crippen LogP contribution in [0, 0.1) is 0 Å². The minimum Gasteiger partial charge on any atom is -0.486 e. The van der Waals surface area contributed by atoms with E-state index >= 15 is 0 Å². The number of hydrogen-bond acceptors (Lipinski definition) is 4. The highest BCUT2D eigenvalue weighted by Crippen LogP contribution is 2.27. The number of ether oxygens (including phenoxy) is 1. The van der Waals surface area contributed by atoms with E-state index in [2.05, 4.69) is 52.3 Å². The maximum Gasteiger partial charge on any atom is 0.146 e. The molecule has 2 N–H and O–H groups in total. The average molecular weight is 435 g/mol. The third-order valence-electron chi connectivity index (χ3n) is 5.29. The second-order valence-corrected chi connectivity index (χ2v) is 7.26. The van der Waals surface area contributed by atoms with Crippen molar-refractivity contribution >= 4 is 24.8 Å². The number of rotatable bonds is 6. The van der Waals surface area contributed by atoms with Crippen LogP contribution >= 0.6 is 24.8 Å². The molecule has 0 radical (unpaired) electrons. The Bertz CT molecular complexity index is 870. The number of aromatic nitrogens is 2. The minimum absolute atomic E-state index is 0. The fraction of sp³-hybridized carbons (Fsp3) is 0.318. The van der Waals surface area contributed by atoms with Crippen molar-refractivity contribution in [3.05, 3.63) is 83.9 Å². The molecule has 3 aromatic rings. The lowest BCUT2D eigenvalue weighted by atomic mass is 9.95. The van der Waals surface area contributed by atoms with E-state index in [0.717, 1.165) is 31.2 Å². The zero-order valence-electron chi connectivity index (χ0n) is 16.5. The van der Waals surface area contributed by atoms with Crippen LogP contribution in [0.4, 0.5) is 0 Å². The van der Waals surface area contributed by atoms with Gasteiger partial charge in [0, 0.05) is 51.0 Å². The van der Waals surface area contributed by atoms with Gasteiger partial charge in [-0.15, -0.1) is 24.8 Å². The van der Waals surface area contributed by atoms with Gasteiger partial charge in [0.15, 0.2) is 0 Å². The lowest BCUT2D eigenvalue weighted by Gasteiger charge is -2.16. The van der Waals surface area contributed by atoms with E-state index in [9.17, 15) is 0 Å². The normalized spacial score (nSPS) is 18.7. The molecular formula is C22H28Cl2N4O. The SMILES string of the molecule is Cl.Cl.Cn1ccnc1COc1ccc(CN2C[C@@H](N)[C@H](c3ccccc3)C2)cc1. The minimum atomic E-state index is 0. The van der Waals surface area contributed by atoms with Gasteiger partial charge in [0.1, 0.15) is 18.2 Å². The zero-order valence-corrected chi connectivity index (χ0v) is 18.1. The van der Waals surface area contributed by atoms with Crippen molar-refractivity contribution in [2.75, 3.05) is 13.1 Å². The molecule has 156 valence electrons. The Morgan fingerprint density at radius 1 is 1.03 bits per heavy atom. The molecule has 2 atom stereocenters. The molecule has 0 aliphatic carbocycles. The van der Waals surface area contributed by atoms with Gasteiger partial charge in [-0.05, 0) is 23.3 Å². The molecule has 5 nitrogen and oxygen atoms in total. The topological polar surface area (TPSA) is 56.3 Å². The Morgan fingerprint density at radius 3 is 2.41 bits per heavy atom. The number of nitrogens with two attached hydrogens (primary N) is 1. The fourth-order valence-electron chi connectivity index (χ4n) is 3.73. The Morgan fingerprint density at radius 2 is 1.76 bits per heavy atom. The van der Waals surface area contributed by atoms with Crippen molar-refractivity contribution in [3.8, 4) is 5.75 Å². The van der Waals surface area contributed by atoms with Crippen molar-refractivity contribution in [2.45, 2.75) is 25.1 Å². The van der Waals surface area contributed by atoms with E-state index in [1.807, 2.05) is 29.9 Å². The summed E-state index contributed by atoms with van der Waals surface area (Å²) >= 11 is 0. The zero-order chi connectivity index (χ0) is 18.6. The first-order valence-electron chi connectivity index (χ1n) is 9.40. The van der Waals surface area contributed by atoms with Crippen LogP contribution < -0.4 is 10.5 Å². The summed E-state index contributed by atoms with van der Waals surface area (Å²) in [7, 11) is 1.97. The van der Waals surface area contributed by atoms with Crippen LogP contribution in [0.1, 0.15) is 22.9 Å². The van der Waals surface area contributed by atoms with E-state index in [1.54, 1.807) is 6.20 Å². The highest BCUT2D eigenvalue weighted by Gasteiger charge is 2.30. The van der Waals surface area contributed by atoms with E-state index < -0.39 is 0 Å². The number of halogens is 2. The highest BCUT2D eigenvalue weighted by atomic mass is 35.5. The number of nitrogens with zero attached hydrogens (tertiary/aromatic N) is 3. The Labute approximate surface area is 184 Å². The Balaban J connectivity index is 0.00000150. The van der Waals surface area contributed by atoms with Gasteiger partial charge in [-0.1, -0.05) is 42.5 Å². The summed E-state index contributed by atoms with van der Waals surface area (Å²) < 4.78 is 7.80. The van der Waals surface area contributed by atoms with Gasteiger partial charge in [0.05, 0.1) is 0 Å². The number of aryl methyl sites for hydroxylation is 1. The molecule has 1 aliphatic heterocycles. The summed E-state index contributed by atoms with van der Waals surface area (Å²) in [4.78, 5) is 6.71. The maximum atomic E-state index is 6.41. The average Bonchev–Trinajstić information content (AvgIpc) is 3.27. The molecule has 7 heteroatoms. The Hall–Kier alpha value is -2.05. The molecule has 0 amide bonds. The number of benzene rings is 2. The van der Waals surface area contributed by atoms with E-state index in [4.69, 9.17) is 10.5 Å². The van der Waals surface area contributed by atoms with E-state index in [1.165, 1.54) is 11.1 Å². The molecule has 1 aliphatic rings. The molecule has 0 unspecified atom stereocenters. The summed E-state index contributed by atoms with van der Waals surface area (Å²) in [6, 6.07) is 19.1. The second-order valence-electron chi connectivity index (χ2n) is 7.26. The quantitative estimate of drug-likeness (QED) is 0.641. The third-order valence-corrected chi connectivity index (χ3v) is 5.29. The molecule has 2 aromatic carbocycles. The summed E-state index contributed by atoms with van der Waals surface area (Å²) in [5, 5.41) is 0. The predicted molar refractivity (Wildman–Crippen MR) is 121 cm³/mol. The van der Waals surface area contributed by atoms with Gasteiger partial charge >= 0.3 is 0 Å². The molecule has 0 spiro atoms. The van der Waals surface area contributed by atoms with Gasteiger partial charge < -0.3 is 15.0 Å². The molecule has 2 heterocycles. The summed E-state index contributed by atoms with van der Waals surface area (Å²) in [6.45, 7) is 3.32. The van der Waals surface area contributed by atoms with E-state index in [-0.39, 0.29) is 30.9 Å². The second kappa shape index (κ2) is 10.6. The number of imidazole rings is 1. The van der Waals surface area contributed by atoms with Crippen molar-refractivity contribution in [1.82, 2.24) is 14.5 Å². The lowest BCUT2D eigenvalue weighted by Crippen LogP contribution is -2.28. The summed E-state index contributed by atoms with van der Waals surface area (Å²) in [6.07, 6.45) is 3.70. The molecule has 0 bridgehead atoms. The highest BCUT2D eigenvalue weighted by molar-refractivity contribution is 5.85. The van der Waals surface area contributed by atoms with Gasteiger partial charge in [-0.3, -0.25) is 4.90 Å². The molecule has 1 aromatic heterocycles. The largest absolute Gasteiger partial charge is 0.486 e. The summed E-state index contributed by atoms with van der Waals surface area (Å²) in [5.41, 5.74) is 9.02. The maximum absolute atomic E-state index is 6.41. The van der Waals surface area contributed by atoms with Crippen molar-refractivity contribution in [2.24, 2.45) is 12.8 Å². The first-order valence-corrected chi connectivity index (χ1v) is 9.40. The van der Waals surface area contributed by atoms with Gasteiger partial charge in [0.25, 0.3) is 0 Å². The van der Waals surface area contributed by atoms with Crippen LogP contribution in [0.15, 0.2) is 67.0 Å². The Kier molecular flexibility index (Phi) is 8.53. The fourth-order valence-corrected chi connectivity index (χ4v) is 3.73. The van der Waals surface area contributed by atoms with Crippen LogP contribution in [0.25, 0.3) is 0 Å².